The Labute approximate surface area is 117 Å². The monoisotopic (exact) mass is 293 g/mol. The summed E-state index contributed by atoms with van der Waals surface area (Å²) in [4.78, 5) is 22.3. The van der Waals surface area contributed by atoms with Gasteiger partial charge in [-0.05, 0) is 26.4 Å². The van der Waals surface area contributed by atoms with Gasteiger partial charge < -0.3 is 21.7 Å². The molecule has 1 unspecified atom stereocenters. The molecule has 0 aromatic rings. The normalized spacial score (nSPS) is 20.5. The maximum Gasteiger partial charge on any atom is 0.321 e. The molecular weight excluding hydrogens is 270 g/mol. The summed E-state index contributed by atoms with van der Waals surface area (Å²) in [5.74, 6) is -0.0671. The standard InChI is InChI=1S/C6H14N2O2.C5H9NO2S/c7-4-2-1-3-5(8)6(9)10;1-6-3-9-2-4(6)5(7)8/h5H,1-4,7-8H2,(H,9,10);4H,2-3H2,1H3,(H,7,8)/t5-;/m0./s1. The number of hydrogen-bond acceptors (Lipinski definition) is 6. The number of aliphatic carboxylic acids is 2. The van der Waals surface area contributed by atoms with Gasteiger partial charge in [0, 0.05) is 11.6 Å². The number of nitrogens with zero attached hydrogens (tertiary/aromatic N) is 1. The van der Waals surface area contributed by atoms with Gasteiger partial charge in [0.1, 0.15) is 12.1 Å². The van der Waals surface area contributed by atoms with Crippen molar-refractivity contribution in [3.63, 3.8) is 0 Å². The highest BCUT2D eigenvalue weighted by molar-refractivity contribution is 7.99. The van der Waals surface area contributed by atoms with E-state index >= 15 is 0 Å². The van der Waals surface area contributed by atoms with Gasteiger partial charge in [-0.15, -0.1) is 11.8 Å². The first-order valence-corrected chi connectivity index (χ1v) is 7.24. The number of rotatable bonds is 6. The number of likely N-dealkylation sites (N-methyl/N-ethyl adjacent to an activating group) is 1. The third-order valence-electron chi connectivity index (χ3n) is 2.67. The molecule has 0 bridgehead atoms. The fraction of sp³-hybridized carbons (Fsp3) is 0.818. The number of unbranched alkanes of at least 4 members (excludes halogenated alkanes) is 1. The number of thioether (sulfide) groups is 1. The molecule has 0 aromatic carbocycles. The van der Waals surface area contributed by atoms with Gasteiger partial charge in [0.15, 0.2) is 0 Å². The Morgan fingerprint density at radius 1 is 1.42 bits per heavy atom. The lowest BCUT2D eigenvalue weighted by molar-refractivity contribution is -0.141. The summed E-state index contributed by atoms with van der Waals surface area (Å²) in [6, 6.07) is -0.971. The van der Waals surface area contributed by atoms with Crippen molar-refractivity contribution in [1.82, 2.24) is 4.90 Å². The Morgan fingerprint density at radius 2 is 2.05 bits per heavy atom. The Bertz CT molecular complexity index is 291. The first-order valence-electron chi connectivity index (χ1n) is 6.09. The molecule has 19 heavy (non-hydrogen) atoms. The van der Waals surface area contributed by atoms with E-state index in [0.29, 0.717) is 13.0 Å². The van der Waals surface area contributed by atoms with Crippen molar-refractivity contribution >= 4 is 23.7 Å². The Kier molecular flexibility index (Phi) is 9.58. The predicted octanol–water partition coefficient (Wildman–Crippen LogP) is -0.397. The summed E-state index contributed by atoms with van der Waals surface area (Å²) >= 11 is 1.66. The van der Waals surface area contributed by atoms with Crippen LogP contribution in [-0.2, 0) is 9.59 Å². The lowest BCUT2D eigenvalue weighted by Crippen LogP contribution is -2.34. The molecule has 0 amide bonds. The summed E-state index contributed by atoms with van der Waals surface area (Å²) in [5, 5.41) is 16.9. The molecule has 7 nitrogen and oxygen atoms in total. The van der Waals surface area contributed by atoms with E-state index in [0.717, 1.165) is 24.5 Å². The fourth-order valence-corrected chi connectivity index (χ4v) is 2.61. The molecule has 1 heterocycles. The van der Waals surface area contributed by atoms with Gasteiger partial charge in [-0.2, -0.15) is 0 Å². The molecule has 1 aliphatic rings. The van der Waals surface area contributed by atoms with Crippen molar-refractivity contribution in [3.8, 4) is 0 Å². The second-order valence-corrected chi connectivity index (χ2v) is 5.34. The SMILES string of the molecule is CN1CSCC1C(=O)O.NCCCC[C@H](N)C(=O)O. The summed E-state index contributed by atoms with van der Waals surface area (Å²) in [6.45, 7) is 0.604. The first-order chi connectivity index (χ1) is 8.90. The van der Waals surface area contributed by atoms with E-state index in [-0.39, 0.29) is 6.04 Å². The van der Waals surface area contributed by atoms with Crippen molar-refractivity contribution < 1.29 is 19.8 Å². The number of carboxylic acid groups (broad SMARTS) is 2. The van der Waals surface area contributed by atoms with Crippen molar-refractivity contribution in [2.24, 2.45) is 11.5 Å². The summed E-state index contributed by atoms with van der Waals surface area (Å²) in [5.41, 5.74) is 10.4. The Hall–Kier alpha value is -0.830. The molecule has 6 N–H and O–H groups in total. The van der Waals surface area contributed by atoms with Crippen LogP contribution in [0.15, 0.2) is 0 Å². The summed E-state index contributed by atoms with van der Waals surface area (Å²) < 4.78 is 0. The van der Waals surface area contributed by atoms with Crippen molar-refractivity contribution in [3.05, 3.63) is 0 Å². The van der Waals surface area contributed by atoms with Gasteiger partial charge in [-0.1, -0.05) is 6.42 Å². The average Bonchev–Trinajstić information content (AvgIpc) is 2.76. The number of nitrogens with two attached hydrogens (primary N) is 2. The highest BCUT2D eigenvalue weighted by atomic mass is 32.2. The molecule has 0 saturated carbocycles. The third-order valence-corrected chi connectivity index (χ3v) is 3.82. The van der Waals surface area contributed by atoms with Gasteiger partial charge in [-0.25, -0.2) is 0 Å². The van der Waals surface area contributed by atoms with Gasteiger partial charge in [0.25, 0.3) is 0 Å². The second-order valence-electron chi connectivity index (χ2n) is 4.34. The minimum Gasteiger partial charge on any atom is -0.480 e. The molecule has 2 atom stereocenters. The van der Waals surface area contributed by atoms with E-state index in [1.165, 1.54) is 0 Å². The molecule has 1 saturated heterocycles. The third kappa shape index (κ3) is 8.04. The van der Waals surface area contributed by atoms with E-state index in [2.05, 4.69) is 0 Å². The lowest BCUT2D eigenvalue weighted by Gasteiger charge is -2.11. The summed E-state index contributed by atoms with van der Waals surface area (Å²) in [7, 11) is 1.83. The molecule has 0 radical (unpaired) electrons. The largest absolute Gasteiger partial charge is 0.480 e. The van der Waals surface area contributed by atoms with Crippen molar-refractivity contribution in [2.75, 3.05) is 25.2 Å². The molecule has 8 heteroatoms. The van der Waals surface area contributed by atoms with Gasteiger partial charge in [0.05, 0.1) is 0 Å². The maximum absolute atomic E-state index is 10.4. The number of carbonyl (C=O) groups is 2. The van der Waals surface area contributed by atoms with Crippen LogP contribution in [0.3, 0.4) is 0 Å². The number of carboxylic acids is 2. The molecule has 1 fully saturated rings. The van der Waals surface area contributed by atoms with Crippen LogP contribution in [0.5, 0.6) is 0 Å². The van der Waals surface area contributed by atoms with E-state index < -0.39 is 18.0 Å². The smallest absolute Gasteiger partial charge is 0.321 e. The second kappa shape index (κ2) is 10.0. The topological polar surface area (TPSA) is 130 Å². The molecule has 0 aromatic heterocycles. The Morgan fingerprint density at radius 3 is 2.37 bits per heavy atom. The van der Waals surface area contributed by atoms with Gasteiger partial charge in [-0.3, -0.25) is 14.5 Å². The van der Waals surface area contributed by atoms with Crippen LogP contribution in [0.2, 0.25) is 0 Å². The zero-order valence-corrected chi connectivity index (χ0v) is 11.9. The van der Waals surface area contributed by atoms with Crippen molar-refractivity contribution in [1.29, 1.82) is 0 Å². The van der Waals surface area contributed by atoms with Crippen LogP contribution in [0.25, 0.3) is 0 Å². The fourth-order valence-electron chi connectivity index (χ4n) is 1.42. The quantitative estimate of drug-likeness (QED) is 0.487. The Balaban J connectivity index is 0.000000342. The first kappa shape index (κ1) is 18.2. The molecule has 1 aliphatic heterocycles. The zero-order valence-electron chi connectivity index (χ0n) is 11.1. The van der Waals surface area contributed by atoms with E-state index in [4.69, 9.17) is 21.7 Å². The highest BCUT2D eigenvalue weighted by Gasteiger charge is 2.27. The lowest BCUT2D eigenvalue weighted by atomic mass is 10.1. The highest BCUT2D eigenvalue weighted by Crippen LogP contribution is 2.18. The van der Waals surface area contributed by atoms with E-state index in [1.807, 2.05) is 11.9 Å². The van der Waals surface area contributed by atoms with Crippen LogP contribution in [-0.4, -0.2) is 64.4 Å². The maximum atomic E-state index is 10.4. The summed E-state index contributed by atoms with van der Waals surface area (Å²) in [6.07, 6.45) is 2.16. The van der Waals surface area contributed by atoms with Crippen LogP contribution in [0.4, 0.5) is 0 Å². The van der Waals surface area contributed by atoms with Crippen LogP contribution in [0, 0.1) is 0 Å². The van der Waals surface area contributed by atoms with E-state index in [1.54, 1.807) is 11.8 Å². The van der Waals surface area contributed by atoms with Crippen LogP contribution >= 0.6 is 11.8 Å². The minimum absolute atomic E-state index is 0.255. The van der Waals surface area contributed by atoms with Gasteiger partial charge in [0.2, 0.25) is 0 Å². The molecule has 0 spiro atoms. The van der Waals surface area contributed by atoms with Crippen LogP contribution in [0.1, 0.15) is 19.3 Å². The molecular formula is C11H23N3O4S. The molecule has 0 aliphatic carbocycles. The van der Waals surface area contributed by atoms with Crippen LogP contribution < -0.4 is 11.5 Å². The minimum atomic E-state index is -0.933. The van der Waals surface area contributed by atoms with Crippen molar-refractivity contribution in [2.45, 2.75) is 31.3 Å². The van der Waals surface area contributed by atoms with E-state index in [9.17, 15) is 9.59 Å². The number of hydrogen-bond donors (Lipinski definition) is 4. The predicted molar refractivity (Wildman–Crippen MR) is 75.0 cm³/mol. The van der Waals surface area contributed by atoms with Gasteiger partial charge >= 0.3 is 11.9 Å². The molecule has 112 valence electrons. The average molecular weight is 293 g/mol. The molecule has 1 rings (SSSR count). The zero-order chi connectivity index (χ0) is 14.8.